The Morgan fingerprint density at radius 3 is 2.82 bits per heavy atom. The molecule has 2 aromatic rings. The molecular formula is C12H12N2O2S. The van der Waals surface area contributed by atoms with Gasteiger partial charge >= 0.3 is 0 Å². The van der Waals surface area contributed by atoms with Crippen molar-refractivity contribution < 1.29 is 4.79 Å². The van der Waals surface area contributed by atoms with Crippen LogP contribution in [-0.2, 0) is 11.8 Å². The summed E-state index contributed by atoms with van der Waals surface area (Å²) in [5.74, 6) is 0.399. The summed E-state index contributed by atoms with van der Waals surface area (Å²) in [4.78, 5) is 27.3. The smallest absolute Gasteiger partial charge is 0.261 e. The Morgan fingerprint density at radius 1 is 1.41 bits per heavy atom. The quantitative estimate of drug-likeness (QED) is 0.611. The van der Waals surface area contributed by atoms with Gasteiger partial charge in [-0.1, -0.05) is 23.9 Å². The molecule has 0 bridgehead atoms. The molecule has 0 saturated heterocycles. The number of aromatic nitrogens is 2. The lowest BCUT2D eigenvalue weighted by atomic mass is 10.2. The molecule has 88 valence electrons. The fraction of sp³-hybridized carbons (Fsp3) is 0.250. The van der Waals surface area contributed by atoms with Crippen LogP contribution < -0.4 is 5.56 Å². The molecule has 0 aliphatic heterocycles. The van der Waals surface area contributed by atoms with Gasteiger partial charge in [-0.2, -0.15) is 0 Å². The summed E-state index contributed by atoms with van der Waals surface area (Å²) in [6, 6.07) is 7.21. The zero-order chi connectivity index (χ0) is 12.4. The van der Waals surface area contributed by atoms with E-state index in [0.717, 1.165) is 0 Å². The highest BCUT2D eigenvalue weighted by molar-refractivity contribution is 7.99. The van der Waals surface area contributed by atoms with Crippen molar-refractivity contribution in [1.82, 2.24) is 9.55 Å². The lowest BCUT2D eigenvalue weighted by Crippen LogP contribution is -2.20. The second kappa shape index (κ2) is 4.71. The third-order valence-electron chi connectivity index (χ3n) is 2.35. The number of nitrogens with zero attached hydrogens (tertiary/aromatic N) is 2. The van der Waals surface area contributed by atoms with Crippen LogP contribution in [0.4, 0.5) is 0 Å². The standard InChI is InChI=1S/C12H12N2O2S/c1-8(15)7-17-12-13-10-6-4-3-5-9(10)11(16)14(12)2/h3-6H,7H2,1-2H3. The van der Waals surface area contributed by atoms with Crippen molar-refractivity contribution in [3.63, 3.8) is 0 Å². The molecule has 1 aromatic carbocycles. The first-order valence-electron chi connectivity index (χ1n) is 5.17. The molecule has 0 atom stereocenters. The van der Waals surface area contributed by atoms with Gasteiger partial charge in [0.25, 0.3) is 5.56 Å². The van der Waals surface area contributed by atoms with Crippen molar-refractivity contribution in [2.75, 3.05) is 5.75 Å². The van der Waals surface area contributed by atoms with Gasteiger partial charge in [-0.25, -0.2) is 4.98 Å². The minimum atomic E-state index is -0.0818. The van der Waals surface area contributed by atoms with Crippen molar-refractivity contribution in [2.24, 2.45) is 7.05 Å². The van der Waals surface area contributed by atoms with Crippen LogP contribution in [0.5, 0.6) is 0 Å². The number of fused-ring (bicyclic) bond motifs is 1. The van der Waals surface area contributed by atoms with Crippen LogP contribution in [0, 0.1) is 0 Å². The third kappa shape index (κ3) is 2.39. The van der Waals surface area contributed by atoms with Crippen LogP contribution in [0.25, 0.3) is 10.9 Å². The topological polar surface area (TPSA) is 52.0 Å². The van der Waals surface area contributed by atoms with Crippen molar-refractivity contribution in [1.29, 1.82) is 0 Å². The van der Waals surface area contributed by atoms with Crippen molar-refractivity contribution in [3.8, 4) is 0 Å². The van der Waals surface area contributed by atoms with E-state index in [1.807, 2.05) is 12.1 Å². The van der Waals surface area contributed by atoms with Gasteiger partial charge in [0.15, 0.2) is 5.16 Å². The average molecular weight is 248 g/mol. The molecule has 0 N–H and O–H groups in total. The number of hydrogen-bond donors (Lipinski definition) is 0. The first kappa shape index (κ1) is 11.9. The molecule has 0 saturated carbocycles. The summed E-state index contributed by atoms with van der Waals surface area (Å²) in [5.41, 5.74) is 0.586. The van der Waals surface area contributed by atoms with Crippen LogP contribution in [-0.4, -0.2) is 21.1 Å². The first-order valence-corrected chi connectivity index (χ1v) is 6.16. The molecule has 5 heteroatoms. The number of benzene rings is 1. The largest absolute Gasteiger partial charge is 0.299 e. The normalized spacial score (nSPS) is 10.7. The Morgan fingerprint density at radius 2 is 2.12 bits per heavy atom. The van der Waals surface area contributed by atoms with Gasteiger partial charge in [0.2, 0.25) is 0 Å². The molecule has 2 rings (SSSR count). The summed E-state index contributed by atoms with van der Waals surface area (Å²) in [6.45, 7) is 1.52. The fourth-order valence-corrected chi connectivity index (χ4v) is 2.26. The van der Waals surface area contributed by atoms with Gasteiger partial charge < -0.3 is 0 Å². The number of Topliss-reactive ketones (excluding diaryl/α,β-unsaturated/α-hetero) is 1. The molecule has 4 nitrogen and oxygen atoms in total. The van der Waals surface area contributed by atoms with Gasteiger partial charge in [0, 0.05) is 7.05 Å². The summed E-state index contributed by atoms with van der Waals surface area (Å²) < 4.78 is 1.48. The highest BCUT2D eigenvalue weighted by atomic mass is 32.2. The predicted molar refractivity (Wildman–Crippen MR) is 68.4 cm³/mol. The van der Waals surface area contributed by atoms with Gasteiger partial charge in [0.05, 0.1) is 16.7 Å². The van der Waals surface area contributed by atoms with E-state index < -0.39 is 0 Å². The van der Waals surface area contributed by atoms with Gasteiger partial charge in [-0.3, -0.25) is 14.2 Å². The molecular weight excluding hydrogens is 236 g/mol. The molecule has 0 unspecified atom stereocenters. The van der Waals surface area contributed by atoms with Crippen molar-refractivity contribution in [3.05, 3.63) is 34.6 Å². The second-order valence-corrected chi connectivity index (χ2v) is 4.71. The minimum Gasteiger partial charge on any atom is -0.299 e. The van der Waals surface area contributed by atoms with Gasteiger partial charge in [0.1, 0.15) is 5.78 Å². The van der Waals surface area contributed by atoms with E-state index in [1.54, 1.807) is 19.2 Å². The second-order valence-electron chi connectivity index (χ2n) is 3.77. The van der Waals surface area contributed by atoms with Crippen molar-refractivity contribution >= 4 is 28.4 Å². The highest BCUT2D eigenvalue weighted by Crippen LogP contribution is 2.16. The Hall–Kier alpha value is -1.62. The highest BCUT2D eigenvalue weighted by Gasteiger charge is 2.08. The number of thioether (sulfide) groups is 1. The van der Waals surface area contributed by atoms with Gasteiger partial charge in [-0.05, 0) is 19.1 Å². The number of hydrogen-bond acceptors (Lipinski definition) is 4. The molecule has 17 heavy (non-hydrogen) atoms. The van der Waals surface area contributed by atoms with E-state index in [1.165, 1.54) is 23.3 Å². The molecule has 0 aliphatic rings. The lowest BCUT2D eigenvalue weighted by molar-refractivity contribution is -0.114. The maximum Gasteiger partial charge on any atom is 0.261 e. The number of ketones is 1. The predicted octanol–water partition coefficient (Wildman–Crippen LogP) is 1.61. The maximum atomic E-state index is 12.0. The lowest BCUT2D eigenvalue weighted by Gasteiger charge is -2.07. The summed E-state index contributed by atoms with van der Waals surface area (Å²) in [6.07, 6.45) is 0. The molecule has 0 aliphatic carbocycles. The summed E-state index contributed by atoms with van der Waals surface area (Å²) in [7, 11) is 1.67. The van der Waals surface area contributed by atoms with Crippen LogP contribution in [0.2, 0.25) is 0 Å². The maximum absolute atomic E-state index is 12.0. The third-order valence-corrected chi connectivity index (χ3v) is 3.52. The van der Waals surface area contributed by atoms with E-state index in [-0.39, 0.29) is 11.3 Å². The van der Waals surface area contributed by atoms with E-state index in [9.17, 15) is 9.59 Å². The number of carbonyl (C=O) groups is 1. The Balaban J connectivity index is 2.54. The van der Waals surface area contributed by atoms with Crippen LogP contribution in [0.3, 0.4) is 0 Å². The van der Waals surface area contributed by atoms with Crippen LogP contribution in [0.1, 0.15) is 6.92 Å². The van der Waals surface area contributed by atoms with E-state index in [4.69, 9.17) is 0 Å². The molecule has 0 spiro atoms. The van der Waals surface area contributed by atoms with Gasteiger partial charge in [-0.15, -0.1) is 0 Å². The average Bonchev–Trinajstić information content (AvgIpc) is 2.32. The Bertz CT molecular complexity index is 634. The molecule has 1 aromatic heterocycles. The van der Waals surface area contributed by atoms with E-state index >= 15 is 0 Å². The fourth-order valence-electron chi connectivity index (χ4n) is 1.49. The molecule has 0 amide bonds. The van der Waals surface area contributed by atoms with Crippen molar-refractivity contribution in [2.45, 2.75) is 12.1 Å². The number of rotatable bonds is 3. The summed E-state index contributed by atoms with van der Waals surface area (Å²) >= 11 is 1.29. The zero-order valence-corrected chi connectivity index (χ0v) is 10.5. The molecule has 1 heterocycles. The monoisotopic (exact) mass is 248 g/mol. The van der Waals surface area contributed by atoms with Crippen LogP contribution >= 0.6 is 11.8 Å². The van der Waals surface area contributed by atoms with Crippen LogP contribution in [0.15, 0.2) is 34.2 Å². The molecule has 0 radical (unpaired) electrons. The minimum absolute atomic E-state index is 0.0670. The number of carbonyl (C=O) groups excluding carboxylic acids is 1. The Labute approximate surface area is 103 Å². The zero-order valence-electron chi connectivity index (χ0n) is 9.64. The number of para-hydroxylation sites is 1. The van der Waals surface area contributed by atoms with E-state index in [2.05, 4.69) is 4.98 Å². The van der Waals surface area contributed by atoms with E-state index in [0.29, 0.717) is 21.8 Å². The summed E-state index contributed by atoms with van der Waals surface area (Å²) in [5, 5.41) is 1.17. The Kier molecular flexibility index (Phi) is 3.28. The first-order chi connectivity index (χ1) is 8.09. The SMILES string of the molecule is CC(=O)CSc1nc2ccccc2c(=O)n1C. The molecule has 0 fully saturated rings.